The van der Waals surface area contributed by atoms with Crippen LogP contribution in [-0.2, 0) is 6.54 Å². The van der Waals surface area contributed by atoms with Crippen molar-refractivity contribution in [1.29, 1.82) is 0 Å². The Morgan fingerprint density at radius 1 is 1.45 bits per heavy atom. The summed E-state index contributed by atoms with van der Waals surface area (Å²) < 4.78 is 26.4. The van der Waals surface area contributed by atoms with Gasteiger partial charge < -0.3 is 5.73 Å². The average molecular weight is 331 g/mol. The Labute approximate surface area is 130 Å². The van der Waals surface area contributed by atoms with Crippen LogP contribution in [0.1, 0.15) is 32.1 Å². The molecule has 8 heteroatoms. The van der Waals surface area contributed by atoms with Gasteiger partial charge in [-0.15, -0.1) is 24.8 Å². The van der Waals surface area contributed by atoms with Gasteiger partial charge in [0.05, 0.1) is 6.54 Å². The minimum Gasteiger partial charge on any atom is -0.329 e. The molecular weight excluding hydrogens is 309 g/mol. The molecule has 2 N–H and O–H groups in total. The first-order chi connectivity index (χ1) is 8.61. The fourth-order valence-corrected chi connectivity index (χ4v) is 2.58. The van der Waals surface area contributed by atoms with Crippen LogP contribution in [0.15, 0.2) is 12.4 Å². The maximum absolute atomic E-state index is 12.7. The summed E-state index contributed by atoms with van der Waals surface area (Å²) >= 11 is 0. The van der Waals surface area contributed by atoms with Gasteiger partial charge in [0.25, 0.3) is 0 Å². The highest BCUT2D eigenvalue weighted by atomic mass is 35.5. The molecule has 1 aliphatic heterocycles. The van der Waals surface area contributed by atoms with E-state index < -0.39 is 6.55 Å². The number of halogens is 4. The smallest absolute Gasteiger partial charge is 0.319 e. The average Bonchev–Trinajstić information content (AvgIpc) is 2.79. The molecule has 1 aromatic rings. The van der Waals surface area contributed by atoms with Crippen LogP contribution >= 0.6 is 24.8 Å². The van der Waals surface area contributed by atoms with E-state index in [1.165, 1.54) is 12.4 Å². The van der Waals surface area contributed by atoms with Gasteiger partial charge in [-0.3, -0.25) is 9.47 Å². The molecule has 2 rings (SSSR count). The molecule has 4 nitrogen and oxygen atoms in total. The summed E-state index contributed by atoms with van der Waals surface area (Å²) in [4.78, 5) is 6.19. The number of rotatable bonds is 4. The lowest BCUT2D eigenvalue weighted by molar-refractivity contribution is 0.0574. The van der Waals surface area contributed by atoms with Crippen molar-refractivity contribution < 1.29 is 8.78 Å². The van der Waals surface area contributed by atoms with Crippen LogP contribution in [0.5, 0.6) is 0 Å². The van der Waals surface area contributed by atoms with Crippen LogP contribution in [0.25, 0.3) is 0 Å². The first-order valence-electron chi connectivity index (χ1n) is 6.35. The number of imidazole rings is 1. The number of aromatic nitrogens is 2. The standard InChI is InChI=1S/C12H20F2N4.2ClH/c1-9-2-4-17(10(6-9)7-15)8-11-16-3-5-18(11)12(13)14;;/h3,5,9-10,12H,2,4,6-8,15H2,1H3;2*1H. The van der Waals surface area contributed by atoms with Crippen molar-refractivity contribution in [2.75, 3.05) is 13.1 Å². The van der Waals surface area contributed by atoms with Crippen molar-refractivity contribution in [3.05, 3.63) is 18.2 Å². The van der Waals surface area contributed by atoms with E-state index in [2.05, 4.69) is 16.8 Å². The normalized spacial score (nSPS) is 23.2. The highest BCUT2D eigenvalue weighted by Crippen LogP contribution is 2.24. The van der Waals surface area contributed by atoms with Gasteiger partial charge >= 0.3 is 6.55 Å². The molecule has 0 aliphatic carbocycles. The number of piperidine rings is 1. The zero-order valence-corrected chi connectivity index (χ0v) is 13.0. The fourth-order valence-electron chi connectivity index (χ4n) is 2.58. The molecule has 0 radical (unpaired) electrons. The van der Waals surface area contributed by atoms with E-state index in [1.807, 2.05) is 0 Å². The third kappa shape index (κ3) is 4.55. The highest BCUT2D eigenvalue weighted by Gasteiger charge is 2.26. The topological polar surface area (TPSA) is 47.1 Å². The van der Waals surface area contributed by atoms with Gasteiger partial charge in [0.1, 0.15) is 5.82 Å². The van der Waals surface area contributed by atoms with E-state index in [0.29, 0.717) is 24.8 Å². The molecule has 0 bridgehead atoms. The van der Waals surface area contributed by atoms with E-state index in [1.54, 1.807) is 0 Å². The Morgan fingerprint density at radius 2 is 2.15 bits per heavy atom. The highest BCUT2D eigenvalue weighted by molar-refractivity contribution is 5.85. The molecule has 1 saturated heterocycles. The Morgan fingerprint density at radius 3 is 2.75 bits per heavy atom. The summed E-state index contributed by atoms with van der Waals surface area (Å²) in [6.45, 7) is 1.60. The zero-order chi connectivity index (χ0) is 13.1. The van der Waals surface area contributed by atoms with E-state index in [9.17, 15) is 8.78 Å². The van der Waals surface area contributed by atoms with Crippen molar-refractivity contribution >= 4 is 24.8 Å². The molecule has 1 aromatic heterocycles. The fraction of sp³-hybridized carbons (Fsp3) is 0.750. The van der Waals surface area contributed by atoms with E-state index in [-0.39, 0.29) is 30.9 Å². The molecule has 2 heterocycles. The van der Waals surface area contributed by atoms with Gasteiger partial charge in [0, 0.05) is 25.0 Å². The minimum absolute atomic E-state index is 0. The number of likely N-dealkylation sites (tertiary alicyclic amines) is 1. The maximum Gasteiger partial charge on any atom is 0.319 e. The Balaban J connectivity index is 0.00000180. The van der Waals surface area contributed by atoms with Crippen molar-refractivity contribution in [3.63, 3.8) is 0 Å². The number of hydrogen-bond donors (Lipinski definition) is 1. The summed E-state index contributed by atoms with van der Waals surface area (Å²) in [7, 11) is 0. The van der Waals surface area contributed by atoms with Gasteiger partial charge in [0.15, 0.2) is 0 Å². The molecule has 20 heavy (non-hydrogen) atoms. The lowest BCUT2D eigenvalue weighted by atomic mass is 9.92. The third-order valence-corrected chi connectivity index (χ3v) is 3.68. The molecule has 1 fully saturated rings. The lowest BCUT2D eigenvalue weighted by Crippen LogP contribution is -2.46. The first kappa shape index (κ1) is 19.6. The predicted molar refractivity (Wildman–Crippen MR) is 79.6 cm³/mol. The summed E-state index contributed by atoms with van der Waals surface area (Å²) in [5, 5.41) is 0. The second kappa shape index (κ2) is 8.77. The third-order valence-electron chi connectivity index (χ3n) is 3.68. The largest absolute Gasteiger partial charge is 0.329 e. The minimum atomic E-state index is -2.53. The molecule has 1 aliphatic rings. The Kier molecular flexibility index (Phi) is 8.58. The maximum atomic E-state index is 12.7. The van der Waals surface area contributed by atoms with Gasteiger partial charge in [-0.2, -0.15) is 8.78 Å². The van der Waals surface area contributed by atoms with E-state index >= 15 is 0 Å². The molecule has 2 atom stereocenters. The van der Waals surface area contributed by atoms with Crippen LogP contribution in [0.3, 0.4) is 0 Å². The molecular formula is C12H22Cl2F2N4. The first-order valence-corrected chi connectivity index (χ1v) is 6.35. The summed E-state index contributed by atoms with van der Waals surface area (Å²) in [6.07, 6.45) is 4.87. The van der Waals surface area contributed by atoms with Crippen molar-refractivity contribution in [1.82, 2.24) is 14.5 Å². The van der Waals surface area contributed by atoms with Gasteiger partial charge in [-0.05, 0) is 25.3 Å². The van der Waals surface area contributed by atoms with Crippen LogP contribution in [0, 0.1) is 5.92 Å². The molecule has 0 aromatic carbocycles. The zero-order valence-electron chi connectivity index (χ0n) is 11.4. The number of nitrogens with two attached hydrogens (primary N) is 1. The quantitative estimate of drug-likeness (QED) is 0.923. The van der Waals surface area contributed by atoms with Crippen LogP contribution < -0.4 is 5.73 Å². The van der Waals surface area contributed by atoms with Crippen molar-refractivity contribution in [3.8, 4) is 0 Å². The molecule has 0 saturated carbocycles. The number of alkyl halides is 2. The van der Waals surface area contributed by atoms with E-state index in [4.69, 9.17) is 5.73 Å². The number of hydrogen-bond acceptors (Lipinski definition) is 3. The Bertz CT molecular complexity index is 389. The van der Waals surface area contributed by atoms with Crippen LogP contribution in [0.4, 0.5) is 8.78 Å². The molecule has 0 spiro atoms. The van der Waals surface area contributed by atoms with Gasteiger partial charge in [-0.1, -0.05) is 6.92 Å². The van der Waals surface area contributed by atoms with Crippen LogP contribution in [-0.4, -0.2) is 33.6 Å². The van der Waals surface area contributed by atoms with Gasteiger partial charge in [0.2, 0.25) is 0 Å². The monoisotopic (exact) mass is 330 g/mol. The van der Waals surface area contributed by atoms with Crippen molar-refractivity contribution in [2.45, 2.75) is 38.9 Å². The van der Waals surface area contributed by atoms with Gasteiger partial charge in [-0.25, -0.2) is 4.98 Å². The van der Waals surface area contributed by atoms with E-state index in [0.717, 1.165) is 24.0 Å². The molecule has 0 amide bonds. The Hall–Kier alpha value is -0.430. The summed E-state index contributed by atoms with van der Waals surface area (Å²) in [5.74, 6) is 1.07. The lowest BCUT2D eigenvalue weighted by Gasteiger charge is -2.37. The summed E-state index contributed by atoms with van der Waals surface area (Å²) in [5.41, 5.74) is 5.77. The van der Waals surface area contributed by atoms with Crippen LogP contribution in [0.2, 0.25) is 0 Å². The number of nitrogens with zero attached hydrogens (tertiary/aromatic N) is 3. The van der Waals surface area contributed by atoms with Crippen molar-refractivity contribution in [2.24, 2.45) is 11.7 Å². The summed E-state index contributed by atoms with van der Waals surface area (Å²) in [6, 6.07) is 0.275. The molecule has 118 valence electrons. The SMILES string of the molecule is CC1CCN(Cc2nccn2C(F)F)C(CN)C1.Cl.Cl. The molecule has 2 unspecified atom stereocenters. The second-order valence-electron chi connectivity index (χ2n) is 5.02. The second-order valence-corrected chi connectivity index (χ2v) is 5.02. The predicted octanol–water partition coefficient (Wildman–Crippen LogP) is 2.68.